The summed E-state index contributed by atoms with van der Waals surface area (Å²) in [7, 11) is 0. The summed E-state index contributed by atoms with van der Waals surface area (Å²) in [5.74, 6) is 0. The van der Waals surface area contributed by atoms with Crippen molar-refractivity contribution in [3.8, 4) is 0 Å². The van der Waals surface area contributed by atoms with E-state index in [2.05, 4.69) is 63.8 Å². The Morgan fingerprint density at radius 3 is 1.21 bits per heavy atom. The average Bonchev–Trinajstić information content (AvgIpc) is 2.92. The number of allylic oxidation sites excluding steroid dienone is 10. The maximum atomic E-state index is 12.8. The molecule has 0 heterocycles. The van der Waals surface area contributed by atoms with Crippen LogP contribution in [0.3, 0.4) is 0 Å². The van der Waals surface area contributed by atoms with E-state index in [-0.39, 0.29) is 13.3 Å². The summed E-state index contributed by atoms with van der Waals surface area (Å²) >= 11 is 0. The van der Waals surface area contributed by atoms with Crippen molar-refractivity contribution in [2.24, 2.45) is 0 Å². The zero-order valence-corrected chi connectivity index (χ0v) is 53.3. The average molecular weight is 1610 g/mol. The van der Waals surface area contributed by atoms with E-state index in [1.54, 1.807) is 45.1 Å². The molecule has 0 bridgehead atoms. The van der Waals surface area contributed by atoms with E-state index in [9.17, 15) is 17.6 Å². The summed E-state index contributed by atoms with van der Waals surface area (Å²) in [6.07, 6.45) is 26.9. The van der Waals surface area contributed by atoms with Crippen molar-refractivity contribution in [2.45, 2.75) is 104 Å². The molecule has 0 aromatic rings. The molecule has 0 N–H and O–H groups in total. The zero-order chi connectivity index (χ0) is 30.7. The molecule has 0 radical (unpaired) electrons. The molecule has 2 atom stereocenters. The molecule has 0 saturated carbocycles. The van der Waals surface area contributed by atoms with Gasteiger partial charge in [0.05, 0.1) is 13.3 Å². The molecule has 0 aromatic carbocycles. The third-order valence-corrected chi connectivity index (χ3v) is 3.77. The number of unbranched alkanes of at least 4 members (excludes halogenated alkanes) is 2. The Labute approximate surface area is 235 Å². The number of rotatable bonds is 16. The molecular formula is C34H56F4Rf4-4. The first kappa shape index (κ1) is 65.1. The van der Waals surface area contributed by atoms with Crippen LogP contribution in [0.2, 0.25) is 0 Å². The molecule has 232 valence electrons. The molecule has 42 heavy (non-hydrogen) atoms. The van der Waals surface area contributed by atoms with Crippen molar-refractivity contribution in [1.29, 1.82) is 0 Å². The van der Waals surface area contributed by atoms with Crippen LogP contribution < -0.4 is 0 Å². The van der Waals surface area contributed by atoms with Crippen molar-refractivity contribution in [1.82, 2.24) is 0 Å². The van der Waals surface area contributed by atoms with Gasteiger partial charge in [-0.1, -0.05) is 24.6 Å². The second kappa shape index (κ2) is 83.7. The van der Waals surface area contributed by atoms with Crippen molar-refractivity contribution >= 4 is 0 Å². The van der Waals surface area contributed by atoms with E-state index in [4.69, 9.17) is 0 Å². The van der Waals surface area contributed by atoms with Gasteiger partial charge in [0, 0.05) is 0 Å². The first-order chi connectivity index (χ1) is 18.4. The minimum atomic E-state index is -0.697. The van der Waals surface area contributed by atoms with Crippen LogP contribution in [0.25, 0.3) is 0 Å². The van der Waals surface area contributed by atoms with Gasteiger partial charge in [-0.3, -0.25) is 33.6 Å². The molecular weight excluding hydrogens is 1550 g/mol. The van der Waals surface area contributed by atoms with Crippen LogP contribution in [0.1, 0.15) is 91.9 Å². The molecule has 0 aliphatic heterocycles. The SMILES string of the molecule is C=C.C=CCC(F)CCCC=[C-]C.C=CCCCC(F)CC=[C-]C.C=CCCF.C=[C-]C.C[C-]=CCCF.[Rf].[Rf].[Rf].[Rf]. The van der Waals surface area contributed by atoms with Gasteiger partial charge < -0.3 is 24.3 Å². The fraction of sp³-hybridized carbons (Fsp3) is 0.529. The molecule has 0 aliphatic rings. The monoisotopic (exact) mass is 1610 g/mol. The molecule has 2 unspecified atom stereocenters. The van der Waals surface area contributed by atoms with Gasteiger partial charge in [-0.25, -0.2) is 8.78 Å². The molecule has 8 heteroatoms. The molecule has 0 rings (SSSR count). The van der Waals surface area contributed by atoms with Crippen LogP contribution in [0, 0.1) is 24.3 Å². The van der Waals surface area contributed by atoms with E-state index in [0.717, 1.165) is 25.7 Å². The molecule has 0 aromatic heterocycles. The van der Waals surface area contributed by atoms with Gasteiger partial charge in [-0.15, -0.1) is 32.9 Å². The topological polar surface area (TPSA) is 0 Å². The van der Waals surface area contributed by atoms with Crippen molar-refractivity contribution < 1.29 is 17.6 Å². The smallest absolute Gasteiger partial charge is 0.104 e. The Balaban J connectivity index is -0.0000000387. The fourth-order valence-electron chi connectivity index (χ4n) is 2.01. The number of halogens is 4. The summed E-state index contributed by atoms with van der Waals surface area (Å²) in [4.78, 5) is 0. The quantitative estimate of drug-likeness (QED) is 0.0625. The van der Waals surface area contributed by atoms with E-state index in [1.807, 2.05) is 19.1 Å². The Morgan fingerprint density at radius 1 is 0.571 bits per heavy atom. The van der Waals surface area contributed by atoms with E-state index in [1.165, 1.54) is 0 Å². The van der Waals surface area contributed by atoms with Gasteiger partial charge in [0.1, 0.15) is 12.3 Å². The van der Waals surface area contributed by atoms with Gasteiger partial charge in [0.25, 0.3) is 0 Å². The van der Waals surface area contributed by atoms with Crippen LogP contribution in [0.5, 0.6) is 0 Å². The summed E-state index contributed by atoms with van der Waals surface area (Å²) in [6.45, 7) is 26.2. The van der Waals surface area contributed by atoms with E-state index >= 15 is 0 Å². The van der Waals surface area contributed by atoms with Gasteiger partial charge in [-0.2, -0.15) is 27.7 Å². The maximum Gasteiger partial charge on any atom is 0.104 e. The van der Waals surface area contributed by atoms with Crippen LogP contribution in [0.4, 0.5) is 17.6 Å². The Morgan fingerprint density at radius 2 is 0.929 bits per heavy atom. The van der Waals surface area contributed by atoms with Crippen LogP contribution in [-0.2, 0) is 0 Å². The van der Waals surface area contributed by atoms with Gasteiger partial charge in [-0.05, 0) is 57.8 Å². The zero-order valence-electron chi connectivity index (χ0n) is 27.7. The Hall–Kier alpha value is -6.36. The van der Waals surface area contributed by atoms with E-state index in [0.29, 0.717) is 38.5 Å². The minimum absolute atomic E-state index is 0. The Bertz CT molecular complexity index is 526. The van der Waals surface area contributed by atoms with Crippen molar-refractivity contribution in [3.05, 3.63) is 100 Å². The first-order valence-electron chi connectivity index (χ1n) is 13.0. The predicted octanol–water partition coefficient (Wildman–Crippen LogP) is 12.0. The maximum absolute atomic E-state index is 12.8. The second-order valence-corrected chi connectivity index (χ2v) is 7.18. The third-order valence-electron chi connectivity index (χ3n) is 3.77. The standard InChI is InChI=1S/2C10H16F.C5H8F.C4H7F.C3H5.C2H4.4Rf/c1-3-5-6-7-9-10(11)8-4-2;1-3-5-7-9-10(11)8-6-4-2;1-2-3-4-5-6;1-2-3-4-5;1-3-2;1-2;;;;/h4-5,10H,2,6-9H2,1H3;3,6,10H,1,5,7-9H2,2H3;3H,4-5H2,1H3;2H,1,3-4H2;1H2,2H3;1-2H2;;;;/q3*-1;;-1;;;;;. The van der Waals surface area contributed by atoms with Gasteiger partial charge >= 0.3 is 0 Å². The largest absolute Gasteiger partial charge is 0.507 e. The van der Waals surface area contributed by atoms with Gasteiger partial charge in [0.15, 0.2) is 0 Å². The summed E-state index contributed by atoms with van der Waals surface area (Å²) < 4.78 is 47.6. The normalized spacial score (nSPS) is 9.90. The molecule has 0 fully saturated rings. The second-order valence-electron chi connectivity index (χ2n) is 7.18. The number of hydrogen-bond donors (Lipinski definition) is 0. The molecule has 0 nitrogen and oxygen atoms in total. The van der Waals surface area contributed by atoms with Crippen molar-refractivity contribution in [2.75, 3.05) is 13.3 Å². The summed E-state index contributed by atoms with van der Waals surface area (Å²) in [5.41, 5.74) is 0. The fourth-order valence-corrected chi connectivity index (χ4v) is 2.01. The molecule has 0 saturated heterocycles. The van der Waals surface area contributed by atoms with Gasteiger partial charge in [0.2, 0.25) is 0 Å². The van der Waals surface area contributed by atoms with Crippen LogP contribution in [0.15, 0.2) is 75.9 Å². The summed E-state index contributed by atoms with van der Waals surface area (Å²) in [6, 6.07) is 0. The Kier molecular flexibility index (Phi) is 130. The van der Waals surface area contributed by atoms with Crippen LogP contribution >= 0.6 is 0 Å². The minimum Gasteiger partial charge on any atom is -0.507 e. The van der Waals surface area contributed by atoms with Crippen LogP contribution in [-0.4, -0.2) is 25.7 Å². The molecule has 0 spiro atoms. The number of alkyl halides is 4. The van der Waals surface area contributed by atoms with E-state index < -0.39 is 12.3 Å². The molecule has 0 aliphatic carbocycles. The third kappa shape index (κ3) is 129. The summed E-state index contributed by atoms with van der Waals surface area (Å²) in [5, 5.41) is 0. The number of hydrogen-bond acceptors (Lipinski definition) is 0. The molecule has 0 amide bonds. The predicted molar refractivity (Wildman–Crippen MR) is 165 cm³/mol. The van der Waals surface area contributed by atoms with Crippen molar-refractivity contribution in [3.63, 3.8) is 0 Å². The first-order valence-corrected chi connectivity index (χ1v) is 13.0.